The molecule has 0 saturated heterocycles. The summed E-state index contributed by atoms with van der Waals surface area (Å²) < 4.78 is 29.9. The van der Waals surface area contributed by atoms with Gasteiger partial charge in [-0.2, -0.15) is 0 Å². The Hall–Kier alpha value is -2.09. The van der Waals surface area contributed by atoms with E-state index < -0.39 is 10.0 Å². The molecule has 0 spiro atoms. The maximum atomic E-state index is 12.6. The zero-order chi connectivity index (χ0) is 19.7. The van der Waals surface area contributed by atoms with E-state index in [2.05, 4.69) is 19.5 Å². The smallest absolute Gasteiger partial charge is 0.261 e. The molecule has 4 rings (SSSR count). The number of nitrogens with one attached hydrogen (secondary N) is 1. The first-order valence-corrected chi connectivity index (χ1v) is 11.2. The molecule has 6 nitrogen and oxygen atoms in total. The fourth-order valence-corrected chi connectivity index (χ4v) is 5.07. The molecule has 0 aliphatic carbocycles. The molecule has 28 heavy (non-hydrogen) atoms. The van der Waals surface area contributed by atoms with E-state index in [0.717, 1.165) is 43.0 Å². The number of benzene rings is 2. The standard InChI is InChI=1S/C19H18Cl2N4O2S/c20-14-10-15(21)12-17(11-14)28(26,27)24-16-7-5-13(6-8-16)19-23-22-18-4-2-1-3-9-25(18)19/h5-8,10-12,24H,1-4,9H2. The maximum Gasteiger partial charge on any atom is 0.261 e. The van der Waals surface area contributed by atoms with Crippen molar-refractivity contribution >= 4 is 38.9 Å². The number of aryl methyl sites for hydroxylation is 1. The summed E-state index contributed by atoms with van der Waals surface area (Å²) in [5.74, 6) is 1.82. The van der Waals surface area contributed by atoms with Crippen LogP contribution in [0.15, 0.2) is 47.4 Å². The number of rotatable bonds is 4. The number of hydrogen-bond donors (Lipinski definition) is 1. The van der Waals surface area contributed by atoms with Crippen molar-refractivity contribution in [3.05, 3.63) is 58.3 Å². The van der Waals surface area contributed by atoms with Crippen LogP contribution in [-0.2, 0) is 23.0 Å². The van der Waals surface area contributed by atoms with E-state index in [-0.39, 0.29) is 14.9 Å². The van der Waals surface area contributed by atoms with E-state index in [4.69, 9.17) is 23.2 Å². The number of nitrogens with zero attached hydrogens (tertiary/aromatic N) is 3. The Bertz CT molecular complexity index is 1090. The van der Waals surface area contributed by atoms with E-state index in [1.807, 2.05) is 12.1 Å². The number of sulfonamides is 1. The van der Waals surface area contributed by atoms with Gasteiger partial charge in [0, 0.05) is 34.3 Å². The van der Waals surface area contributed by atoms with Crippen molar-refractivity contribution in [2.45, 2.75) is 37.1 Å². The summed E-state index contributed by atoms with van der Waals surface area (Å²) in [6.07, 6.45) is 4.37. The number of aromatic nitrogens is 3. The van der Waals surface area contributed by atoms with Crippen LogP contribution < -0.4 is 4.72 Å². The summed E-state index contributed by atoms with van der Waals surface area (Å²) in [4.78, 5) is 0.0110. The molecule has 1 N–H and O–H groups in total. The van der Waals surface area contributed by atoms with Gasteiger partial charge in [-0.3, -0.25) is 4.72 Å². The second-order valence-electron chi connectivity index (χ2n) is 6.69. The van der Waals surface area contributed by atoms with Crippen molar-refractivity contribution in [3.8, 4) is 11.4 Å². The third-order valence-electron chi connectivity index (χ3n) is 4.65. The molecule has 0 saturated carbocycles. The van der Waals surface area contributed by atoms with Gasteiger partial charge in [0.05, 0.1) is 4.90 Å². The van der Waals surface area contributed by atoms with Crippen molar-refractivity contribution in [2.24, 2.45) is 0 Å². The van der Waals surface area contributed by atoms with Crippen molar-refractivity contribution in [1.29, 1.82) is 0 Å². The van der Waals surface area contributed by atoms with Crippen molar-refractivity contribution in [2.75, 3.05) is 4.72 Å². The largest absolute Gasteiger partial charge is 0.311 e. The van der Waals surface area contributed by atoms with Gasteiger partial charge in [-0.15, -0.1) is 10.2 Å². The number of hydrogen-bond acceptors (Lipinski definition) is 4. The summed E-state index contributed by atoms with van der Waals surface area (Å²) >= 11 is 11.8. The van der Waals surface area contributed by atoms with Crippen molar-refractivity contribution in [1.82, 2.24) is 14.8 Å². The molecule has 0 unspecified atom stereocenters. The van der Waals surface area contributed by atoms with Crippen LogP contribution in [0.25, 0.3) is 11.4 Å². The van der Waals surface area contributed by atoms with Crippen LogP contribution in [0, 0.1) is 0 Å². The fourth-order valence-electron chi connectivity index (χ4n) is 3.28. The molecule has 1 aliphatic heterocycles. The Morgan fingerprint density at radius 2 is 1.64 bits per heavy atom. The quantitative estimate of drug-likeness (QED) is 0.638. The Labute approximate surface area is 173 Å². The first-order chi connectivity index (χ1) is 13.4. The highest BCUT2D eigenvalue weighted by Crippen LogP contribution is 2.26. The first-order valence-electron chi connectivity index (χ1n) is 8.94. The lowest BCUT2D eigenvalue weighted by Crippen LogP contribution is -2.13. The minimum atomic E-state index is -3.80. The molecule has 0 radical (unpaired) electrons. The van der Waals surface area contributed by atoms with Gasteiger partial charge in [-0.25, -0.2) is 8.42 Å². The molecule has 0 fully saturated rings. The van der Waals surface area contributed by atoms with E-state index in [1.54, 1.807) is 12.1 Å². The molecule has 0 amide bonds. The highest BCUT2D eigenvalue weighted by atomic mass is 35.5. The molecular weight excluding hydrogens is 419 g/mol. The molecule has 3 aromatic rings. The summed E-state index contributed by atoms with van der Waals surface area (Å²) in [5, 5.41) is 9.15. The molecule has 0 atom stereocenters. The van der Waals surface area contributed by atoms with E-state index in [0.29, 0.717) is 5.69 Å². The minimum Gasteiger partial charge on any atom is -0.311 e. The highest BCUT2D eigenvalue weighted by Gasteiger charge is 2.18. The second kappa shape index (κ2) is 7.73. The highest BCUT2D eigenvalue weighted by molar-refractivity contribution is 7.92. The van der Waals surface area contributed by atoms with Crippen LogP contribution in [0.5, 0.6) is 0 Å². The van der Waals surface area contributed by atoms with Gasteiger partial charge in [0.15, 0.2) is 5.82 Å². The Kier molecular flexibility index (Phi) is 5.31. The summed E-state index contributed by atoms with van der Waals surface area (Å²) in [7, 11) is -3.80. The number of fused-ring (bicyclic) bond motifs is 1. The SMILES string of the molecule is O=S(=O)(Nc1ccc(-c2nnc3n2CCCCC3)cc1)c1cc(Cl)cc(Cl)c1. The minimum absolute atomic E-state index is 0.0110. The Balaban J connectivity index is 1.58. The zero-order valence-corrected chi connectivity index (χ0v) is 17.2. The lowest BCUT2D eigenvalue weighted by molar-refractivity contribution is 0.601. The summed E-state index contributed by atoms with van der Waals surface area (Å²) in [6.45, 7) is 0.904. The van der Waals surface area contributed by atoms with Crippen LogP contribution in [0.3, 0.4) is 0 Å². The third kappa shape index (κ3) is 4.01. The average molecular weight is 437 g/mol. The van der Waals surface area contributed by atoms with Crippen LogP contribution in [0.4, 0.5) is 5.69 Å². The molecule has 1 aromatic heterocycles. The molecule has 2 aromatic carbocycles. The topological polar surface area (TPSA) is 76.9 Å². The molecule has 146 valence electrons. The van der Waals surface area contributed by atoms with E-state index in [9.17, 15) is 8.42 Å². The predicted octanol–water partition coefficient (Wildman–Crippen LogP) is 4.78. The second-order valence-corrected chi connectivity index (χ2v) is 9.25. The van der Waals surface area contributed by atoms with E-state index in [1.165, 1.54) is 24.6 Å². The van der Waals surface area contributed by atoms with Gasteiger partial charge in [0.2, 0.25) is 0 Å². The molecule has 0 bridgehead atoms. The zero-order valence-electron chi connectivity index (χ0n) is 14.9. The van der Waals surface area contributed by atoms with Gasteiger partial charge in [0.1, 0.15) is 5.82 Å². The predicted molar refractivity (Wildman–Crippen MR) is 110 cm³/mol. The van der Waals surface area contributed by atoms with Crippen LogP contribution in [0.2, 0.25) is 10.0 Å². The summed E-state index contributed by atoms with van der Waals surface area (Å²) in [6, 6.07) is 11.3. The molecule has 9 heteroatoms. The Morgan fingerprint density at radius 3 is 2.36 bits per heavy atom. The lowest BCUT2D eigenvalue weighted by Gasteiger charge is -2.10. The maximum absolute atomic E-state index is 12.6. The van der Waals surface area contributed by atoms with Gasteiger partial charge in [0.25, 0.3) is 10.0 Å². The first kappa shape index (κ1) is 19.2. The molecule has 2 heterocycles. The van der Waals surface area contributed by atoms with Crippen molar-refractivity contribution in [3.63, 3.8) is 0 Å². The lowest BCUT2D eigenvalue weighted by atomic mass is 10.2. The third-order valence-corrected chi connectivity index (χ3v) is 6.45. The molecular formula is C19H18Cl2N4O2S. The summed E-state index contributed by atoms with van der Waals surface area (Å²) in [5.41, 5.74) is 1.34. The van der Waals surface area contributed by atoms with Crippen LogP contribution >= 0.6 is 23.2 Å². The van der Waals surface area contributed by atoms with Crippen molar-refractivity contribution < 1.29 is 8.42 Å². The van der Waals surface area contributed by atoms with Crippen LogP contribution in [0.1, 0.15) is 25.1 Å². The van der Waals surface area contributed by atoms with Gasteiger partial charge >= 0.3 is 0 Å². The average Bonchev–Trinajstić information content (AvgIpc) is 2.89. The Morgan fingerprint density at radius 1 is 0.929 bits per heavy atom. The number of halogens is 2. The molecule has 1 aliphatic rings. The fraction of sp³-hybridized carbons (Fsp3) is 0.263. The van der Waals surface area contributed by atoms with E-state index >= 15 is 0 Å². The van der Waals surface area contributed by atoms with Crippen LogP contribution in [-0.4, -0.2) is 23.2 Å². The monoisotopic (exact) mass is 436 g/mol. The number of anilines is 1. The van der Waals surface area contributed by atoms with Gasteiger partial charge < -0.3 is 4.57 Å². The van der Waals surface area contributed by atoms with Gasteiger partial charge in [-0.1, -0.05) is 29.6 Å². The van der Waals surface area contributed by atoms with Gasteiger partial charge in [-0.05, 0) is 55.3 Å². The normalized spacial score (nSPS) is 14.4.